The molecule has 1 saturated heterocycles. The molecular weight excluding hydrogens is 182 g/mol. The Morgan fingerprint density at radius 1 is 1.57 bits per heavy atom. The van der Waals surface area contributed by atoms with Crippen molar-refractivity contribution < 1.29 is 14.6 Å². The monoisotopic (exact) mass is 199 g/mol. The van der Waals surface area contributed by atoms with Gasteiger partial charge < -0.3 is 15.2 Å². The van der Waals surface area contributed by atoms with Crippen LogP contribution in [0.5, 0.6) is 0 Å². The van der Waals surface area contributed by atoms with E-state index in [4.69, 9.17) is 4.74 Å². The Balaban J connectivity index is 1.71. The molecular formula is C10H17NO3. The number of hydrogen-bond donors (Lipinski definition) is 2. The van der Waals surface area contributed by atoms with Gasteiger partial charge in [-0.05, 0) is 25.7 Å². The first-order valence-corrected chi connectivity index (χ1v) is 5.27. The predicted octanol–water partition coefficient (Wildman–Crippen LogP) is 0.0541. The van der Waals surface area contributed by atoms with Gasteiger partial charge in [0.15, 0.2) is 0 Å². The Kier molecular flexibility index (Phi) is 2.74. The highest BCUT2D eigenvalue weighted by Gasteiger charge is 2.35. The van der Waals surface area contributed by atoms with Crippen LogP contribution in [0.1, 0.15) is 25.7 Å². The van der Waals surface area contributed by atoms with Gasteiger partial charge in [0.05, 0.1) is 18.1 Å². The van der Waals surface area contributed by atoms with Crippen molar-refractivity contribution in [1.29, 1.82) is 0 Å². The third-order valence-corrected chi connectivity index (χ3v) is 3.18. The molecule has 1 aliphatic heterocycles. The molecule has 2 aliphatic rings. The lowest BCUT2D eigenvalue weighted by Gasteiger charge is -2.36. The quantitative estimate of drug-likeness (QED) is 0.675. The maximum atomic E-state index is 11.5. The van der Waals surface area contributed by atoms with Gasteiger partial charge in [-0.25, -0.2) is 0 Å². The number of carbonyl (C=O) groups is 1. The molecule has 1 unspecified atom stereocenters. The lowest BCUT2D eigenvalue weighted by molar-refractivity contribution is -0.127. The molecule has 0 radical (unpaired) electrons. The Labute approximate surface area is 83.6 Å². The van der Waals surface area contributed by atoms with Crippen LogP contribution in [0, 0.1) is 5.92 Å². The molecule has 0 aromatic heterocycles. The molecule has 2 fully saturated rings. The standard InChI is InChI=1S/C10H17NO3/c12-9(8-2-5-14-6-8)11-7-10(13)3-1-4-10/h8,13H,1-7H2,(H,11,12). The van der Waals surface area contributed by atoms with Crippen LogP contribution in [-0.4, -0.2) is 36.4 Å². The molecule has 4 heteroatoms. The lowest BCUT2D eigenvalue weighted by atomic mass is 9.80. The van der Waals surface area contributed by atoms with E-state index < -0.39 is 5.60 Å². The molecule has 80 valence electrons. The summed E-state index contributed by atoms with van der Waals surface area (Å²) in [4.78, 5) is 11.5. The molecule has 0 aromatic rings. The van der Waals surface area contributed by atoms with Crippen molar-refractivity contribution in [3.05, 3.63) is 0 Å². The number of hydrogen-bond acceptors (Lipinski definition) is 3. The number of carbonyl (C=O) groups excluding carboxylic acids is 1. The summed E-state index contributed by atoms with van der Waals surface area (Å²) in [5.41, 5.74) is -0.616. The summed E-state index contributed by atoms with van der Waals surface area (Å²) < 4.78 is 5.13. The minimum Gasteiger partial charge on any atom is -0.388 e. The van der Waals surface area contributed by atoms with E-state index in [9.17, 15) is 9.90 Å². The van der Waals surface area contributed by atoms with Crippen molar-refractivity contribution >= 4 is 5.91 Å². The van der Waals surface area contributed by atoms with Crippen molar-refractivity contribution in [2.75, 3.05) is 19.8 Å². The molecule has 4 nitrogen and oxygen atoms in total. The fourth-order valence-corrected chi connectivity index (χ4v) is 1.90. The Morgan fingerprint density at radius 2 is 2.36 bits per heavy atom. The molecule has 1 heterocycles. The van der Waals surface area contributed by atoms with Gasteiger partial charge in [-0.2, -0.15) is 0 Å². The summed E-state index contributed by atoms with van der Waals surface area (Å²) in [5.74, 6) is 0.0292. The molecule has 2 N–H and O–H groups in total. The maximum absolute atomic E-state index is 11.5. The zero-order chi connectivity index (χ0) is 10.0. The molecule has 14 heavy (non-hydrogen) atoms. The average molecular weight is 199 g/mol. The largest absolute Gasteiger partial charge is 0.388 e. The van der Waals surface area contributed by atoms with E-state index in [1.165, 1.54) is 0 Å². The van der Waals surface area contributed by atoms with Gasteiger partial charge in [0.1, 0.15) is 0 Å². The average Bonchev–Trinajstić information content (AvgIpc) is 2.63. The molecule has 0 aromatic carbocycles. The summed E-state index contributed by atoms with van der Waals surface area (Å²) in [6.45, 7) is 1.62. The topological polar surface area (TPSA) is 58.6 Å². The van der Waals surface area contributed by atoms with E-state index in [0.717, 1.165) is 25.7 Å². The Bertz CT molecular complexity index is 219. The number of nitrogens with one attached hydrogen (secondary N) is 1. The second kappa shape index (κ2) is 3.87. The third kappa shape index (κ3) is 2.07. The molecule has 2 rings (SSSR count). The summed E-state index contributed by atoms with van der Waals surface area (Å²) in [6, 6.07) is 0. The first kappa shape index (κ1) is 9.93. The van der Waals surface area contributed by atoms with Crippen LogP contribution in [0.2, 0.25) is 0 Å². The van der Waals surface area contributed by atoms with Crippen LogP contribution in [-0.2, 0) is 9.53 Å². The molecule has 1 saturated carbocycles. The highest BCUT2D eigenvalue weighted by Crippen LogP contribution is 2.30. The van der Waals surface area contributed by atoms with Crippen molar-refractivity contribution in [1.82, 2.24) is 5.32 Å². The van der Waals surface area contributed by atoms with E-state index in [2.05, 4.69) is 5.32 Å². The van der Waals surface area contributed by atoms with E-state index in [1.807, 2.05) is 0 Å². The summed E-state index contributed by atoms with van der Waals surface area (Å²) >= 11 is 0. The van der Waals surface area contributed by atoms with E-state index in [1.54, 1.807) is 0 Å². The molecule has 1 aliphatic carbocycles. The van der Waals surface area contributed by atoms with E-state index >= 15 is 0 Å². The molecule has 1 atom stereocenters. The summed E-state index contributed by atoms with van der Waals surface area (Å²) in [6.07, 6.45) is 3.51. The number of rotatable bonds is 3. The Hall–Kier alpha value is -0.610. The number of ether oxygens (including phenoxy) is 1. The van der Waals surface area contributed by atoms with Gasteiger partial charge in [0, 0.05) is 13.2 Å². The fourth-order valence-electron chi connectivity index (χ4n) is 1.90. The van der Waals surface area contributed by atoms with Gasteiger partial charge in [-0.1, -0.05) is 0 Å². The van der Waals surface area contributed by atoms with Crippen LogP contribution >= 0.6 is 0 Å². The first-order valence-electron chi connectivity index (χ1n) is 5.27. The molecule has 0 bridgehead atoms. The number of amides is 1. The molecule has 0 spiro atoms. The highest BCUT2D eigenvalue weighted by molar-refractivity contribution is 5.79. The maximum Gasteiger partial charge on any atom is 0.225 e. The highest BCUT2D eigenvalue weighted by atomic mass is 16.5. The van der Waals surface area contributed by atoms with Gasteiger partial charge in [-0.3, -0.25) is 4.79 Å². The van der Waals surface area contributed by atoms with Crippen LogP contribution in [0.3, 0.4) is 0 Å². The van der Waals surface area contributed by atoms with Crippen LogP contribution < -0.4 is 5.32 Å². The van der Waals surface area contributed by atoms with E-state index in [0.29, 0.717) is 19.8 Å². The normalized spacial score (nSPS) is 29.6. The van der Waals surface area contributed by atoms with Crippen LogP contribution in [0.15, 0.2) is 0 Å². The summed E-state index contributed by atoms with van der Waals surface area (Å²) in [7, 11) is 0. The van der Waals surface area contributed by atoms with Crippen molar-refractivity contribution in [3.8, 4) is 0 Å². The Morgan fingerprint density at radius 3 is 2.86 bits per heavy atom. The van der Waals surface area contributed by atoms with Gasteiger partial charge in [0.2, 0.25) is 5.91 Å². The SMILES string of the molecule is O=C(NCC1(O)CCC1)C1CCOC1. The number of aliphatic hydroxyl groups is 1. The second-order valence-electron chi connectivity index (χ2n) is 4.36. The van der Waals surface area contributed by atoms with E-state index in [-0.39, 0.29) is 11.8 Å². The van der Waals surface area contributed by atoms with Gasteiger partial charge in [0.25, 0.3) is 0 Å². The minimum absolute atomic E-state index is 0.00123. The summed E-state index contributed by atoms with van der Waals surface area (Å²) in [5, 5.41) is 12.6. The smallest absolute Gasteiger partial charge is 0.225 e. The lowest BCUT2D eigenvalue weighted by Crippen LogP contribution is -2.49. The van der Waals surface area contributed by atoms with Gasteiger partial charge >= 0.3 is 0 Å². The molecule has 1 amide bonds. The van der Waals surface area contributed by atoms with Crippen LogP contribution in [0.4, 0.5) is 0 Å². The van der Waals surface area contributed by atoms with Crippen molar-refractivity contribution in [2.45, 2.75) is 31.3 Å². The fraction of sp³-hybridized carbons (Fsp3) is 0.900. The predicted molar refractivity (Wildman–Crippen MR) is 50.7 cm³/mol. The zero-order valence-corrected chi connectivity index (χ0v) is 8.29. The van der Waals surface area contributed by atoms with Crippen molar-refractivity contribution in [3.63, 3.8) is 0 Å². The van der Waals surface area contributed by atoms with Crippen molar-refractivity contribution in [2.24, 2.45) is 5.92 Å². The van der Waals surface area contributed by atoms with Gasteiger partial charge in [-0.15, -0.1) is 0 Å². The third-order valence-electron chi connectivity index (χ3n) is 3.18. The van der Waals surface area contributed by atoms with Crippen LogP contribution in [0.25, 0.3) is 0 Å². The zero-order valence-electron chi connectivity index (χ0n) is 8.29. The minimum atomic E-state index is -0.616. The first-order chi connectivity index (χ1) is 6.70. The second-order valence-corrected chi connectivity index (χ2v) is 4.36.